The number of nitrogens with zero attached hydrogens (tertiary/aromatic N) is 1. The molecule has 2 fully saturated rings. The average Bonchev–Trinajstić information content (AvgIpc) is 3.01. The molecule has 0 radical (unpaired) electrons. The second-order valence-electron chi connectivity index (χ2n) is 4.59. The Kier molecular flexibility index (Phi) is 1.40. The van der Waals surface area contributed by atoms with E-state index in [-0.39, 0.29) is 16.8 Å². The van der Waals surface area contributed by atoms with Gasteiger partial charge >= 0.3 is 0 Å². The smallest absolute Gasteiger partial charge is 0.145 e. The van der Waals surface area contributed by atoms with Crippen molar-refractivity contribution in [3.05, 3.63) is 29.8 Å². The van der Waals surface area contributed by atoms with Crippen LogP contribution >= 0.6 is 0 Å². The highest BCUT2D eigenvalue weighted by molar-refractivity contribution is 5.40. The molecule has 0 amide bonds. The van der Waals surface area contributed by atoms with Crippen LogP contribution in [0.1, 0.15) is 31.2 Å². The first kappa shape index (κ1) is 8.36. The molecular formula is C11H13FN2. The Labute approximate surface area is 82.3 Å². The first-order valence-electron chi connectivity index (χ1n) is 5.07. The molecule has 2 aliphatic carbocycles. The average molecular weight is 192 g/mol. The van der Waals surface area contributed by atoms with Crippen molar-refractivity contribution in [3.63, 3.8) is 0 Å². The zero-order valence-electron chi connectivity index (χ0n) is 7.96. The number of hydrogen-bond donors (Lipinski definition) is 1. The largest absolute Gasteiger partial charge is 0.324 e. The summed E-state index contributed by atoms with van der Waals surface area (Å²) in [5, 5.41) is 0. The summed E-state index contributed by atoms with van der Waals surface area (Å²) < 4.78 is 13.6. The van der Waals surface area contributed by atoms with Gasteiger partial charge in [-0.15, -0.1) is 0 Å². The standard InChI is InChI=1S/C11H13FN2/c12-9-7-14-6-1-8(9)10(2-3-10)11(13)4-5-11/h1,6-7H,2-5,13H2. The fraction of sp³-hybridized carbons (Fsp3) is 0.545. The van der Waals surface area contributed by atoms with Gasteiger partial charge in [-0.2, -0.15) is 0 Å². The molecule has 2 aliphatic rings. The predicted molar refractivity (Wildman–Crippen MR) is 51.3 cm³/mol. The first-order chi connectivity index (χ1) is 6.68. The highest BCUT2D eigenvalue weighted by atomic mass is 19.1. The van der Waals surface area contributed by atoms with Crippen LogP contribution in [0.2, 0.25) is 0 Å². The molecule has 0 bridgehead atoms. The fourth-order valence-corrected chi connectivity index (χ4v) is 2.54. The summed E-state index contributed by atoms with van der Waals surface area (Å²) in [7, 11) is 0. The summed E-state index contributed by atoms with van der Waals surface area (Å²) in [6, 6.07) is 1.79. The topological polar surface area (TPSA) is 38.9 Å². The van der Waals surface area contributed by atoms with Gasteiger partial charge in [-0.1, -0.05) is 0 Å². The van der Waals surface area contributed by atoms with E-state index in [1.54, 1.807) is 12.3 Å². The summed E-state index contributed by atoms with van der Waals surface area (Å²) in [4.78, 5) is 3.77. The number of nitrogens with two attached hydrogens (primary N) is 1. The van der Waals surface area contributed by atoms with Crippen LogP contribution in [0.5, 0.6) is 0 Å². The van der Waals surface area contributed by atoms with Crippen molar-refractivity contribution >= 4 is 0 Å². The Hall–Kier alpha value is -0.960. The molecule has 2 nitrogen and oxygen atoms in total. The summed E-state index contributed by atoms with van der Waals surface area (Å²) in [6.07, 6.45) is 7.09. The zero-order chi connectivity index (χ0) is 9.81. The van der Waals surface area contributed by atoms with Gasteiger partial charge in [-0.25, -0.2) is 4.39 Å². The predicted octanol–water partition coefficient (Wildman–Crippen LogP) is 1.74. The molecule has 1 aromatic heterocycles. The Balaban J connectivity index is 2.07. The van der Waals surface area contributed by atoms with E-state index in [4.69, 9.17) is 5.73 Å². The van der Waals surface area contributed by atoms with E-state index in [1.807, 2.05) is 0 Å². The molecule has 2 saturated carbocycles. The van der Waals surface area contributed by atoms with Crippen LogP contribution in [-0.4, -0.2) is 10.5 Å². The minimum Gasteiger partial charge on any atom is -0.324 e. The van der Waals surface area contributed by atoms with Crippen molar-refractivity contribution in [2.24, 2.45) is 5.73 Å². The molecule has 0 aromatic carbocycles. The van der Waals surface area contributed by atoms with Crippen molar-refractivity contribution in [1.82, 2.24) is 4.98 Å². The number of aromatic nitrogens is 1. The molecule has 0 saturated heterocycles. The zero-order valence-corrected chi connectivity index (χ0v) is 7.96. The number of halogens is 1. The van der Waals surface area contributed by atoms with Crippen LogP contribution in [0.4, 0.5) is 4.39 Å². The maximum Gasteiger partial charge on any atom is 0.145 e. The van der Waals surface area contributed by atoms with E-state index in [9.17, 15) is 4.39 Å². The maximum atomic E-state index is 13.6. The van der Waals surface area contributed by atoms with Crippen LogP contribution in [0.15, 0.2) is 18.5 Å². The third-order valence-electron chi connectivity index (χ3n) is 3.78. The fourth-order valence-electron chi connectivity index (χ4n) is 2.54. The van der Waals surface area contributed by atoms with Gasteiger partial charge in [0.2, 0.25) is 0 Å². The minimum atomic E-state index is -0.193. The Morgan fingerprint density at radius 3 is 2.50 bits per heavy atom. The molecular weight excluding hydrogens is 179 g/mol. The summed E-state index contributed by atoms with van der Waals surface area (Å²) >= 11 is 0. The van der Waals surface area contributed by atoms with Crippen molar-refractivity contribution in [2.45, 2.75) is 36.6 Å². The van der Waals surface area contributed by atoms with Crippen LogP contribution in [0.3, 0.4) is 0 Å². The van der Waals surface area contributed by atoms with Gasteiger partial charge < -0.3 is 5.73 Å². The quantitative estimate of drug-likeness (QED) is 0.775. The monoisotopic (exact) mass is 192 g/mol. The molecule has 74 valence electrons. The first-order valence-corrected chi connectivity index (χ1v) is 5.07. The maximum absolute atomic E-state index is 13.6. The lowest BCUT2D eigenvalue weighted by Gasteiger charge is -2.23. The summed E-state index contributed by atoms with van der Waals surface area (Å²) in [5.41, 5.74) is 6.81. The molecule has 3 heteroatoms. The highest BCUT2D eigenvalue weighted by Gasteiger charge is 2.64. The Morgan fingerprint density at radius 1 is 1.29 bits per heavy atom. The Bertz CT molecular complexity index is 381. The van der Waals surface area contributed by atoms with Crippen LogP contribution in [-0.2, 0) is 5.41 Å². The van der Waals surface area contributed by atoms with Crippen molar-refractivity contribution < 1.29 is 4.39 Å². The van der Waals surface area contributed by atoms with E-state index in [0.29, 0.717) is 0 Å². The molecule has 0 spiro atoms. The van der Waals surface area contributed by atoms with Gasteiger partial charge in [0.1, 0.15) is 5.82 Å². The minimum absolute atomic E-state index is 0.0555. The van der Waals surface area contributed by atoms with Gasteiger partial charge in [-0.05, 0) is 37.3 Å². The van der Waals surface area contributed by atoms with E-state index in [1.165, 1.54) is 6.20 Å². The third kappa shape index (κ3) is 0.906. The van der Waals surface area contributed by atoms with Gasteiger partial charge in [0.15, 0.2) is 0 Å². The van der Waals surface area contributed by atoms with Crippen LogP contribution in [0.25, 0.3) is 0 Å². The van der Waals surface area contributed by atoms with Crippen molar-refractivity contribution in [1.29, 1.82) is 0 Å². The third-order valence-corrected chi connectivity index (χ3v) is 3.78. The van der Waals surface area contributed by atoms with Gasteiger partial charge in [0.05, 0.1) is 6.20 Å². The normalized spacial score (nSPS) is 25.9. The van der Waals surface area contributed by atoms with Crippen molar-refractivity contribution in [3.8, 4) is 0 Å². The van der Waals surface area contributed by atoms with E-state index < -0.39 is 0 Å². The molecule has 2 N–H and O–H groups in total. The molecule has 3 rings (SSSR count). The number of hydrogen-bond acceptors (Lipinski definition) is 2. The number of rotatable bonds is 2. The van der Waals surface area contributed by atoms with E-state index in [2.05, 4.69) is 4.98 Å². The number of pyridine rings is 1. The van der Waals surface area contributed by atoms with Crippen LogP contribution < -0.4 is 5.73 Å². The lowest BCUT2D eigenvalue weighted by Crippen LogP contribution is -2.37. The van der Waals surface area contributed by atoms with E-state index in [0.717, 1.165) is 31.2 Å². The van der Waals surface area contributed by atoms with Gasteiger partial charge in [0, 0.05) is 17.2 Å². The van der Waals surface area contributed by atoms with Gasteiger partial charge in [0.25, 0.3) is 0 Å². The molecule has 0 aliphatic heterocycles. The second kappa shape index (κ2) is 2.34. The molecule has 14 heavy (non-hydrogen) atoms. The second-order valence-corrected chi connectivity index (χ2v) is 4.59. The molecule has 0 unspecified atom stereocenters. The molecule has 1 aromatic rings. The van der Waals surface area contributed by atoms with Crippen molar-refractivity contribution in [2.75, 3.05) is 0 Å². The summed E-state index contributed by atoms with van der Waals surface area (Å²) in [6.45, 7) is 0. The SMILES string of the molecule is NC1(C2(c3ccncc3F)CC2)CC1. The molecule has 1 heterocycles. The Morgan fingerprint density at radius 2 is 2.00 bits per heavy atom. The van der Waals surface area contributed by atoms with Gasteiger partial charge in [-0.3, -0.25) is 4.98 Å². The molecule has 0 atom stereocenters. The van der Waals surface area contributed by atoms with E-state index >= 15 is 0 Å². The lowest BCUT2D eigenvalue weighted by molar-refractivity contribution is 0.472. The highest BCUT2D eigenvalue weighted by Crippen LogP contribution is 2.63. The lowest BCUT2D eigenvalue weighted by atomic mass is 9.86. The van der Waals surface area contributed by atoms with Crippen LogP contribution in [0, 0.1) is 5.82 Å². The summed E-state index contributed by atoms with van der Waals surface area (Å²) in [5.74, 6) is -0.193.